The molecule has 16 bridgehead atoms. The van der Waals surface area contributed by atoms with Crippen molar-refractivity contribution in [2.75, 3.05) is 13.1 Å². The number of nitrogens with one attached hydrogen (secondary N) is 1. The fourth-order valence-corrected chi connectivity index (χ4v) is 25.5. The Hall–Kier alpha value is -4.05. The van der Waals surface area contributed by atoms with Gasteiger partial charge in [0.2, 0.25) is 5.91 Å². The molecule has 0 unspecified atom stereocenters. The van der Waals surface area contributed by atoms with Crippen molar-refractivity contribution in [2.24, 2.45) is 67.9 Å². The smallest absolute Gasteiger partial charge is 0.303 e. The largest absolute Gasteiger partial charge is 0.504 e. The average Bonchev–Trinajstić information content (AvgIpc) is 3.99. The minimum absolute atomic E-state index is 0.0669. The summed E-state index contributed by atoms with van der Waals surface area (Å²) in [6.07, 6.45) is 33.7. The summed E-state index contributed by atoms with van der Waals surface area (Å²) in [6, 6.07) is 13.0. The van der Waals surface area contributed by atoms with Crippen LogP contribution in [0.4, 0.5) is 0 Å². The number of nitrogens with two attached hydrogens (primary N) is 1. The number of amides is 1. The third-order valence-corrected chi connectivity index (χ3v) is 28.6. The van der Waals surface area contributed by atoms with Crippen LogP contribution in [-0.2, 0) is 27.3 Å². The van der Waals surface area contributed by atoms with Crippen LogP contribution < -0.4 is 15.8 Å². The second-order valence-electron chi connectivity index (χ2n) is 28.3. The van der Waals surface area contributed by atoms with Crippen LogP contribution in [0, 0.1) is 69.0 Å². The Labute approximate surface area is 476 Å². The van der Waals surface area contributed by atoms with E-state index in [1.54, 1.807) is 0 Å². The molecule has 420 valence electrons. The molecule has 79 heavy (non-hydrogen) atoms. The summed E-state index contributed by atoms with van der Waals surface area (Å²) in [5, 5.41) is 30.1. The van der Waals surface area contributed by atoms with E-state index in [9.17, 15) is 15.0 Å². The zero-order chi connectivity index (χ0) is 53.6. The van der Waals surface area contributed by atoms with Gasteiger partial charge in [0.25, 0.3) is 0 Å². The predicted molar refractivity (Wildman–Crippen MR) is 312 cm³/mol. The number of hydrogen-bond acceptors (Lipinski definition) is 11. The number of allylic oxidation sites excluding steroid dienone is 2. The molecule has 7 saturated carbocycles. The van der Waals surface area contributed by atoms with Crippen LogP contribution in [0.2, 0.25) is 0 Å². The predicted octanol–water partition coefficient (Wildman–Crippen LogP) is 12.6. The molecule has 10 nitrogen and oxygen atoms in total. The van der Waals surface area contributed by atoms with Gasteiger partial charge in [-0.25, -0.2) is 0 Å². The summed E-state index contributed by atoms with van der Waals surface area (Å²) in [7, 11) is 4.24. The maximum Gasteiger partial charge on any atom is 0.303 e. The summed E-state index contributed by atoms with van der Waals surface area (Å²) in [6.45, 7) is 2.68. The van der Waals surface area contributed by atoms with Crippen molar-refractivity contribution in [1.29, 1.82) is 0 Å². The minimum atomic E-state index is -0.831. The number of rotatable bonds is 2. The van der Waals surface area contributed by atoms with Gasteiger partial charge in [-0.05, 0) is 193 Å². The van der Waals surface area contributed by atoms with E-state index in [2.05, 4.69) is 99.4 Å². The summed E-state index contributed by atoms with van der Waals surface area (Å²) < 4.78 is 13.8. The average molecular weight is 1110 g/mol. The number of aliphatic imine (C=N–C) groups is 1. The highest BCUT2D eigenvalue weighted by molar-refractivity contribution is 8.77. The van der Waals surface area contributed by atoms with Crippen LogP contribution in [-0.4, -0.2) is 73.5 Å². The lowest BCUT2D eigenvalue weighted by Crippen LogP contribution is -2.56. The minimum Gasteiger partial charge on any atom is -0.504 e. The first kappa shape index (κ1) is 51.8. The second kappa shape index (κ2) is 19.0. The number of aryl methyl sites for hydroxylation is 1. The summed E-state index contributed by atoms with van der Waals surface area (Å²) in [4.78, 5) is 35.9. The monoisotopic (exact) mass is 1100 g/mol. The summed E-state index contributed by atoms with van der Waals surface area (Å²) in [5.41, 5.74) is 9.30. The first-order valence-electron chi connectivity index (χ1n) is 31.4. The maximum absolute atomic E-state index is 15.3. The molecule has 0 aromatic heterocycles. The fourth-order valence-electron chi connectivity index (χ4n) is 21.4. The number of phenolic OH excluding ortho intramolecular Hbond substituents is 1. The molecule has 19 rings (SSSR count). The molecule has 5 N–H and O–H groups in total. The lowest BCUT2D eigenvalue weighted by molar-refractivity contribution is -0.172. The summed E-state index contributed by atoms with van der Waals surface area (Å²) in [5.74, 6) is 11.5. The number of hydrogen-bond donors (Lipinski definition) is 4. The van der Waals surface area contributed by atoms with E-state index in [0.29, 0.717) is 97.3 Å². The lowest BCUT2D eigenvalue weighted by Gasteiger charge is -2.58. The van der Waals surface area contributed by atoms with Crippen molar-refractivity contribution in [3.8, 4) is 23.3 Å². The third kappa shape index (κ3) is 7.91. The van der Waals surface area contributed by atoms with Gasteiger partial charge in [0.05, 0.1) is 18.1 Å². The molecule has 8 fully saturated rings. The number of nitrogens with zero attached hydrogens (tertiary/aromatic N) is 2. The van der Waals surface area contributed by atoms with Gasteiger partial charge in [-0.15, -0.1) is 5.92 Å². The lowest BCUT2D eigenvalue weighted by atomic mass is 9.49. The van der Waals surface area contributed by atoms with Crippen LogP contribution in [0.1, 0.15) is 195 Å². The Morgan fingerprint density at radius 2 is 1.78 bits per heavy atom. The molecule has 1 amide bonds. The zero-order valence-corrected chi connectivity index (χ0v) is 48.3. The number of aliphatic hydroxyl groups excluding tert-OH is 1. The van der Waals surface area contributed by atoms with Gasteiger partial charge >= 0.3 is 5.97 Å². The van der Waals surface area contributed by atoms with E-state index in [4.69, 9.17) is 20.2 Å². The fraction of sp³-hybridized carbons (Fsp3) is 0.687. The van der Waals surface area contributed by atoms with Crippen molar-refractivity contribution in [3.05, 3.63) is 83.0 Å². The van der Waals surface area contributed by atoms with Crippen LogP contribution in [0.5, 0.6) is 11.5 Å². The normalized spacial score (nSPS) is 44.1. The Bertz CT molecular complexity index is 2970. The number of carbonyl (C=O) groups is 2. The number of guanidine groups is 1. The molecular weight excluding hydrogens is 1020 g/mol. The molecule has 8 aliphatic heterocycles. The molecule has 2 aromatic carbocycles. The SMILES string of the molecule is CC(=O)O[C@@]12CCc3cc(c(O)c4c3[C@H]3C=C[C@@]5(CCC[C@H]5C3)O4)CN3C[C@@]4(CC3=O)[C@H](c3ccccc3)CC[C@]43C#CC[C@@H]4CC[C@@]5(CCC[C@]5(NC(N)=NC3)SS[C@H]3C=C[C@H]5[C@@H](CC[C@@H]3C53CCCC3)[C@@H](CC1)[C@H](O)C2)C4. The van der Waals surface area contributed by atoms with E-state index < -0.39 is 28.1 Å². The summed E-state index contributed by atoms with van der Waals surface area (Å²) >= 11 is 0. The van der Waals surface area contributed by atoms with Gasteiger partial charge in [-0.3, -0.25) is 14.6 Å². The Morgan fingerprint density at radius 3 is 2.63 bits per heavy atom. The molecule has 6 spiro atoms. The van der Waals surface area contributed by atoms with Gasteiger partial charge in [-0.2, -0.15) is 0 Å². The molecule has 12 heteroatoms. The number of fused-ring (bicyclic) bond motifs is 3. The van der Waals surface area contributed by atoms with E-state index in [1.165, 1.54) is 70.3 Å². The van der Waals surface area contributed by atoms with Crippen LogP contribution in [0.25, 0.3) is 0 Å². The van der Waals surface area contributed by atoms with Gasteiger partial charge in [0.1, 0.15) is 16.1 Å². The van der Waals surface area contributed by atoms with Crippen molar-refractivity contribution in [1.82, 2.24) is 10.2 Å². The number of aromatic hydroxyl groups is 1. The number of carbonyl (C=O) groups excluding carboxylic acids is 2. The quantitative estimate of drug-likeness (QED) is 0.0992. The molecule has 17 aliphatic rings. The topological polar surface area (TPSA) is 147 Å². The van der Waals surface area contributed by atoms with Gasteiger partial charge < -0.3 is 35.6 Å². The van der Waals surface area contributed by atoms with Crippen molar-refractivity contribution >= 4 is 39.4 Å². The molecular formula is C67H84N4O6S2. The Kier molecular flexibility index (Phi) is 12.5. The third-order valence-electron chi connectivity index (χ3n) is 24.9. The van der Waals surface area contributed by atoms with Crippen molar-refractivity contribution < 1.29 is 29.3 Å². The van der Waals surface area contributed by atoms with Gasteiger partial charge in [-0.1, -0.05) is 88.9 Å². The van der Waals surface area contributed by atoms with Crippen LogP contribution in [0.15, 0.2) is 65.7 Å². The van der Waals surface area contributed by atoms with Crippen LogP contribution in [0.3, 0.4) is 0 Å². The molecule has 1 saturated heterocycles. The molecule has 9 aliphatic carbocycles. The number of ether oxygens (including phenoxy) is 2. The molecule has 2 aromatic rings. The second-order valence-corrected chi connectivity index (χ2v) is 31.0. The number of phenols is 1. The van der Waals surface area contributed by atoms with E-state index in [-0.39, 0.29) is 57.6 Å². The number of benzene rings is 2. The first-order chi connectivity index (χ1) is 38.3. The molecule has 0 radical (unpaired) electrons. The highest BCUT2D eigenvalue weighted by atomic mass is 33.1. The highest BCUT2D eigenvalue weighted by Gasteiger charge is 2.66. The van der Waals surface area contributed by atoms with Crippen molar-refractivity contribution in [3.63, 3.8) is 0 Å². The molecule has 8 heterocycles. The zero-order valence-electron chi connectivity index (χ0n) is 46.7. The number of aliphatic hydroxyl groups is 1. The molecule has 16 atom stereocenters. The highest BCUT2D eigenvalue weighted by Crippen LogP contribution is 2.70. The Morgan fingerprint density at radius 1 is 0.911 bits per heavy atom. The standard InChI is InChI=1S/C67H84N4O6S2/c1-42(72)76-63-31-19-45-34-47(58(75)59-57(45)46-20-33-66(77-59)27-8-13-48(66)35-46)39-71-41-65(38-56(71)74)51(44-11-3-2-4-12-44)22-30-62(65)23-7-10-43-18-29-61(36-43)24-9-28-67(61,70-60(68)69-40-62)79-78-55-17-16-52-49(50(21-32-63)54(73)37-63)14-15-53(55)64(52)25-5-6-26-64/h2-4,11-12,16-17,20,33-34,43,46,48-55,73,75H,5-6,8-10,13-15,18-19,21-22,24-32,35-41H2,1H3,(H3,68,69,70)/t43-,46+,48+,49+,50-,51+,52+,53+,54-,55+,61+,62+,63+,65+,66-,67+/m1/s1. The Balaban J connectivity index is 0.874. The van der Waals surface area contributed by atoms with E-state index in [1.807, 2.05) is 4.90 Å². The van der Waals surface area contributed by atoms with Gasteiger partial charge in [0, 0.05) is 78.3 Å². The maximum atomic E-state index is 15.3. The first-order valence-corrected chi connectivity index (χ1v) is 33.6. The number of esters is 1. The van der Waals surface area contributed by atoms with E-state index in [0.717, 1.165) is 81.8 Å². The van der Waals surface area contributed by atoms with Gasteiger partial charge in [0.15, 0.2) is 17.5 Å². The van der Waals surface area contributed by atoms with E-state index >= 15 is 4.79 Å². The van der Waals surface area contributed by atoms with Crippen LogP contribution >= 0.6 is 21.6 Å². The van der Waals surface area contributed by atoms with Crippen molar-refractivity contribution in [2.45, 2.75) is 213 Å².